The zero-order valence-corrected chi connectivity index (χ0v) is 19.3. The molecule has 2 aromatic carbocycles. The van der Waals surface area contributed by atoms with E-state index in [2.05, 4.69) is 16.0 Å². The highest BCUT2D eigenvalue weighted by molar-refractivity contribution is 6.31. The monoisotopic (exact) mass is 496 g/mol. The van der Waals surface area contributed by atoms with Gasteiger partial charge in [0, 0.05) is 23.7 Å². The highest BCUT2D eigenvalue weighted by Gasteiger charge is 2.43. The second-order valence-electron chi connectivity index (χ2n) is 8.01. The summed E-state index contributed by atoms with van der Waals surface area (Å²) in [5, 5.41) is 8.07. The summed E-state index contributed by atoms with van der Waals surface area (Å²) in [5.41, 5.74) is 2.12. The fourth-order valence-electron chi connectivity index (χ4n) is 3.63. The number of anilines is 1. The van der Waals surface area contributed by atoms with Crippen LogP contribution in [0.15, 0.2) is 54.3 Å². The number of rotatable bonds is 6. The SMILES string of the molecule is Cc1ccc(NC(=O)NCc2cccc(OC3=CC(=O)N(C4CCC(=O)NC4=O)C3=O)c2)cc1Cl. The Hall–Kier alpha value is -4.18. The van der Waals surface area contributed by atoms with Gasteiger partial charge in [-0.05, 0) is 48.7 Å². The first-order valence-corrected chi connectivity index (χ1v) is 11.1. The number of benzene rings is 2. The summed E-state index contributed by atoms with van der Waals surface area (Å²) in [6.07, 6.45) is 1.10. The van der Waals surface area contributed by atoms with Crippen LogP contribution in [0.1, 0.15) is 24.0 Å². The van der Waals surface area contributed by atoms with E-state index in [1.807, 2.05) is 6.92 Å². The van der Waals surface area contributed by atoms with Gasteiger partial charge in [0.2, 0.25) is 11.8 Å². The second-order valence-corrected chi connectivity index (χ2v) is 8.42. The van der Waals surface area contributed by atoms with E-state index >= 15 is 0 Å². The maximum Gasteiger partial charge on any atom is 0.319 e. The Morgan fingerprint density at radius 1 is 1.17 bits per heavy atom. The van der Waals surface area contributed by atoms with E-state index in [1.54, 1.807) is 42.5 Å². The number of imide groups is 2. The molecule has 1 fully saturated rings. The van der Waals surface area contributed by atoms with Crippen molar-refractivity contribution in [2.75, 3.05) is 5.32 Å². The van der Waals surface area contributed by atoms with Crippen molar-refractivity contribution in [3.63, 3.8) is 0 Å². The zero-order valence-electron chi connectivity index (χ0n) is 18.6. The third kappa shape index (κ3) is 5.49. The van der Waals surface area contributed by atoms with Crippen LogP contribution in [-0.4, -0.2) is 40.6 Å². The minimum atomic E-state index is -1.07. The number of hydrogen-bond donors (Lipinski definition) is 3. The quantitative estimate of drug-likeness (QED) is 0.526. The zero-order chi connectivity index (χ0) is 25.1. The predicted molar refractivity (Wildman–Crippen MR) is 125 cm³/mol. The molecule has 1 saturated heterocycles. The molecule has 2 heterocycles. The fraction of sp³-hybridized carbons (Fsp3) is 0.208. The van der Waals surface area contributed by atoms with Crippen molar-refractivity contribution < 1.29 is 28.7 Å². The Labute approximate surface area is 205 Å². The summed E-state index contributed by atoms with van der Waals surface area (Å²) in [6.45, 7) is 2.02. The maximum absolute atomic E-state index is 12.7. The van der Waals surface area contributed by atoms with E-state index in [4.69, 9.17) is 16.3 Å². The minimum absolute atomic E-state index is 0.0310. The van der Waals surface area contributed by atoms with Gasteiger partial charge in [-0.2, -0.15) is 0 Å². The first kappa shape index (κ1) is 24.0. The Kier molecular flexibility index (Phi) is 6.83. The fourth-order valence-corrected chi connectivity index (χ4v) is 3.81. The molecule has 0 bridgehead atoms. The molecule has 0 radical (unpaired) electrons. The number of nitrogens with zero attached hydrogens (tertiary/aromatic N) is 1. The van der Waals surface area contributed by atoms with Crippen LogP contribution in [0.25, 0.3) is 0 Å². The first-order chi connectivity index (χ1) is 16.7. The normalized spacial score (nSPS) is 17.7. The predicted octanol–water partition coefficient (Wildman–Crippen LogP) is 2.41. The summed E-state index contributed by atoms with van der Waals surface area (Å²) in [6, 6.07) is 10.3. The molecule has 2 aliphatic rings. The lowest BCUT2D eigenvalue weighted by atomic mass is 10.0. The van der Waals surface area contributed by atoms with E-state index in [0.717, 1.165) is 16.5 Å². The van der Waals surface area contributed by atoms with Gasteiger partial charge in [-0.25, -0.2) is 4.79 Å². The van der Waals surface area contributed by atoms with Crippen LogP contribution in [0.5, 0.6) is 5.75 Å². The lowest BCUT2D eigenvalue weighted by Gasteiger charge is -2.27. The van der Waals surface area contributed by atoms with Crippen molar-refractivity contribution >= 4 is 46.9 Å². The average Bonchev–Trinajstić information content (AvgIpc) is 3.08. The summed E-state index contributed by atoms with van der Waals surface area (Å²) in [5.74, 6) is -2.56. The molecule has 10 nitrogen and oxygen atoms in total. The van der Waals surface area contributed by atoms with Crippen LogP contribution in [0, 0.1) is 6.92 Å². The van der Waals surface area contributed by atoms with E-state index < -0.39 is 35.7 Å². The Morgan fingerprint density at radius 3 is 2.71 bits per heavy atom. The van der Waals surface area contributed by atoms with Crippen LogP contribution < -0.4 is 20.7 Å². The van der Waals surface area contributed by atoms with E-state index in [9.17, 15) is 24.0 Å². The standard InChI is InChI=1S/C24H21ClN4O6/c1-13-5-6-15(10-17(13)25)27-24(34)26-12-14-3-2-4-16(9-14)35-19-11-21(31)29(23(19)33)18-7-8-20(30)28-22(18)32/h2-6,9-11,18H,7-8,12H2,1H3,(H2,26,27,34)(H,28,30,32). The van der Waals surface area contributed by atoms with Gasteiger partial charge in [-0.15, -0.1) is 0 Å². The molecule has 2 aromatic rings. The largest absolute Gasteiger partial charge is 0.451 e. The number of amides is 6. The van der Waals surface area contributed by atoms with Gasteiger partial charge in [-0.3, -0.25) is 29.4 Å². The molecule has 0 spiro atoms. The molecule has 1 atom stereocenters. The molecular formula is C24H21ClN4O6. The third-order valence-corrected chi connectivity index (χ3v) is 5.86. The molecule has 180 valence electrons. The number of carbonyl (C=O) groups excluding carboxylic acids is 5. The van der Waals surface area contributed by atoms with E-state index in [-0.39, 0.29) is 30.9 Å². The van der Waals surface area contributed by atoms with Gasteiger partial charge in [0.1, 0.15) is 11.8 Å². The van der Waals surface area contributed by atoms with Gasteiger partial charge < -0.3 is 15.4 Å². The van der Waals surface area contributed by atoms with E-state index in [0.29, 0.717) is 16.3 Å². The van der Waals surface area contributed by atoms with Gasteiger partial charge in [0.15, 0.2) is 5.76 Å². The lowest BCUT2D eigenvalue weighted by molar-refractivity contribution is -0.150. The van der Waals surface area contributed by atoms with Crippen LogP contribution in [-0.2, 0) is 25.7 Å². The van der Waals surface area contributed by atoms with Crippen molar-refractivity contribution in [2.45, 2.75) is 32.4 Å². The molecule has 1 unspecified atom stereocenters. The lowest BCUT2D eigenvalue weighted by Crippen LogP contribution is -2.54. The highest BCUT2D eigenvalue weighted by Crippen LogP contribution is 2.25. The van der Waals surface area contributed by atoms with Crippen molar-refractivity contribution in [1.29, 1.82) is 0 Å². The van der Waals surface area contributed by atoms with Crippen LogP contribution >= 0.6 is 11.6 Å². The van der Waals surface area contributed by atoms with E-state index in [1.165, 1.54) is 0 Å². The summed E-state index contributed by atoms with van der Waals surface area (Å²) in [7, 11) is 0. The Balaban J connectivity index is 1.35. The number of nitrogens with one attached hydrogen (secondary N) is 3. The number of ether oxygens (including phenoxy) is 1. The van der Waals surface area contributed by atoms with Crippen molar-refractivity contribution in [1.82, 2.24) is 15.5 Å². The van der Waals surface area contributed by atoms with Crippen molar-refractivity contribution in [3.8, 4) is 5.75 Å². The van der Waals surface area contributed by atoms with Crippen molar-refractivity contribution in [3.05, 3.63) is 70.4 Å². The molecule has 0 saturated carbocycles. The van der Waals surface area contributed by atoms with Crippen molar-refractivity contribution in [2.24, 2.45) is 0 Å². The first-order valence-electron chi connectivity index (χ1n) is 10.7. The molecule has 6 amide bonds. The molecule has 0 aromatic heterocycles. The number of halogens is 1. The van der Waals surface area contributed by atoms with Gasteiger partial charge in [-0.1, -0.05) is 29.8 Å². The van der Waals surface area contributed by atoms with Gasteiger partial charge >= 0.3 is 6.03 Å². The topological polar surface area (TPSA) is 134 Å². The minimum Gasteiger partial charge on any atom is -0.451 e. The average molecular weight is 497 g/mol. The smallest absolute Gasteiger partial charge is 0.319 e. The Morgan fingerprint density at radius 2 is 1.97 bits per heavy atom. The molecule has 3 N–H and O–H groups in total. The van der Waals surface area contributed by atoms with Gasteiger partial charge in [0.05, 0.1) is 6.08 Å². The Bertz CT molecular complexity index is 1270. The number of piperidine rings is 1. The molecule has 35 heavy (non-hydrogen) atoms. The third-order valence-electron chi connectivity index (χ3n) is 5.45. The van der Waals surface area contributed by atoms with Crippen LogP contribution in [0.2, 0.25) is 5.02 Å². The number of carbonyl (C=O) groups is 5. The second kappa shape index (κ2) is 9.98. The summed E-state index contributed by atoms with van der Waals surface area (Å²) >= 11 is 6.07. The summed E-state index contributed by atoms with van der Waals surface area (Å²) in [4.78, 5) is 61.5. The number of aryl methyl sites for hydroxylation is 1. The molecule has 2 aliphatic heterocycles. The number of urea groups is 1. The molecule has 4 rings (SSSR count). The number of hydrogen-bond acceptors (Lipinski definition) is 6. The van der Waals surface area contributed by atoms with Crippen LogP contribution in [0.4, 0.5) is 10.5 Å². The highest BCUT2D eigenvalue weighted by atomic mass is 35.5. The summed E-state index contributed by atoms with van der Waals surface area (Å²) < 4.78 is 5.61. The molecule has 0 aliphatic carbocycles. The van der Waals surface area contributed by atoms with Gasteiger partial charge in [0.25, 0.3) is 11.8 Å². The molecule has 11 heteroatoms. The van der Waals surface area contributed by atoms with Crippen LogP contribution in [0.3, 0.4) is 0 Å². The maximum atomic E-state index is 12.7. The molecular weight excluding hydrogens is 476 g/mol.